The fourth-order valence-corrected chi connectivity index (χ4v) is 1.89. The van der Waals surface area contributed by atoms with E-state index in [9.17, 15) is 9.59 Å². The first-order valence-corrected chi connectivity index (χ1v) is 5.41. The number of amides is 2. The van der Waals surface area contributed by atoms with Crippen LogP contribution in [0.4, 0.5) is 5.69 Å². The highest BCUT2D eigenvalue weighted by Crippen LogP contribution is 2.27. The molecule has 0 saturated heterocycles. The molecule has 1 atom stereocenters. The summed E-state index contributed by atoms with van der Waals surface area (Å²) in [5.74, 6) is -0.848. The highest BCUT2D eigenvalue weighted by atomic mass is 16.3. The van der Waals surface area contributed by atoms with Gasteiger partial charge in [-0.1, -0.05) is 13.0 Å². The van der Waals surface area contributed by atoms with Crippen molar-refractivity contribution in [2.75, 3.05) is 18.9 Å². The number of nitrogen functional groups attached to an aromatic ring is 1. The number of aliphatic hydroxyl groups is 1. The average molecular weight is 234 g/mol. The van der Waals surface area contributed by atoms with Crippen LogP contribution in [0, 0.1) is 5.92 Å². The van der Waals surface area contributed by atoms with Crippen molar-refractivity contribution in [3.8, 4) is 0 Å². The van der Waals surface area contributed by atoms with Crippen molar-refractivity contribution < 1.29 is 14.7 Å². The van der Waals surface area contributed by atoms with Crippen LogP contribution in [0.3, 0.4) is 0 Å². The first-order valence-electron chi connectivity index (χ1n) is 5.41. The number of hydrogen-bond acceptors (Lipinski definition) is 4. The highest BCUT2D eigenvalue weighted by molar-refractivity contribution is 6.23. The van der Waals surface area contributed by atoms with E-state index in [1.165, 1.54) is 0 Å². The van der Waals surface area contributed by atoms with Gasteiger partial charge in [0.05, 0.1) is 11.1 Å². The quantitative estimate of drug-likeness (QED) is 0.589. The van der Waals surface area contributed by atoms with E-state index in [1.54, 1.807) is 25.1 Å². The zero-order valence-corrected chi connectivity index (χ0v) is 9.51. The molecule has 3 N–H and O–H groups in total. The lowest BCUT2D eigenvalue weighted by Crippen LogP contribution is -2.34. The standard InChI is InChI=1S/C12H14N2O3/c1-7(6-15)5-14-11(16)8-3-2-4-9(13)10(8)12(14)17/h2-4,7,15H,5-6,13H2,1H3. The third kappa shape index (κ3) is 1.78. The van der Waals surface area contributed by atoms with Crippen LogP contribution in [0.2, 0.25) is 0 Å². The molecular formula is C12H14N2O3. The summed E-state index contributed by atoms with van der Waals surface area (Å²) in [6.07, 6.45) is 0. The average Bonchev–Trinajstić information content (AvgIpc) is 2.55. The number of hydrogen-bond donors (Lipinski definition) is 2. The molecule has 2 rings (SSSR count). The summed E-state index contributed by atoms with van der Waals surface area (Å²) in [5, 5.41) is 8.97. The molecule has 0 radical (unpaired) electrons. The fraction of sp³-hybridized carbons (Fsp3) is 0.333. The first kappa shape index (κ1) is 11.6. The second kappa shape index (κ2) is 4.18. The van der Waals surface area contributed by atoms with Crippen molar-refractivity contribution in [2.45, 2.75) is 6.92 Å². The van der Waals surface area contributed by atoms with Gasteiger partial charge in [0.15, 0.2) is 0 Å². The summed E-state index contributed by atoms with van der Waals surface area (Å²) >= 11 is 0. The van der Waals surface area contributed by atoms with Crippen LogP contribution < -0.4 is 5.73 Å². The summed E-state index contributed by atoms with van der Waals surface area (Å²) in [6.45, 7) is 1.91. The van der Waals surface area contributed by atoms with Gasteiger partial charge in [0.2, 0.25) is 0 Å². The number of anilines is 1. The number of aliphatic hydroxyl groups excluding tert-OH is 1. The van der Waals surface area contributed by atoms with Gasteiger partial charge in [-0.2, -0.15) is 0 Å². The third-order valence-electron chi connectivity index (χ3n) is 2.84. The summed E-state index contributed by atoms with van der Waals surface area (Å²) < 4.78 is 0. The molecule has 1 aromatic rings. The topological polar surface area (TPSA) is 83.6 Å². The summed E-state index contributed by atoms with van der Waals surface area (Å²) in [5.41, 5.74) is 6.65. The number of imide groups is 1. The number of nitrogens with two attached hydrogens (primary N) is 1. The van der Waals surface area contributed by atoms with E-state index in [4.69, 9.17) is 10.8 Å². The lowest BCUT2D eigenvalue weighted by Gasteiger charge is -2.17. The van der Waals surface area contributed by atoms with Gasteiger partial charge in [0.1, 0.15) is 0 Å². The normalized spacial score (nSPS) is 16.2. The molecule has 5 heteroatoms. The molecule has 5 nitrogen and oxygen atoms in total. The minimum absolute atomic E-state index is 0.0666. The van der Waals surface area contributed by atoms with Crippen LogP contribution >= 0.6 is 0 Å². The number of nitrogens with zero attached hydrogens (tertiary/aromatic N) is 1. The van der Waals surface area contributed by atoms with Crippen molar-refractivity contribution >= 4 is 17.5 Å². The van der Waals surface area contributed by atoms with Crippen LogP contribution in [0.1, 0.15) is 27.6 Å². The number of benzene rings is 1. The van der Waals surface area contributed by atoms with Crippen LogP contribution in [0.25, 0.3) is 0 Å². The monoisotopic (exact) mass is 234 g/mol. The molecule has 1 unspecified atom stereocenters. The van der Waals surface area contributed by atoms with E-state index in [0.29, 0.717) is 11.3 Å². The maximum absolute atomic E-state index is 12.0. The van der Waals surface area contributed by atoms with Gasteiger partial charge in [-0.05, 0) is 18.1 Å². The van der Waals surface area contributed by atoms with Gasteiger partial charge in [0, 0.05) is 18.8 Å². The molecular weight excluding hydrogens is 220 g/mol. The second-order valence-electron chi connectivity index (χ2n) is 4.28. The molecule has 2 amide bonds. The van der Waals surface area contributed by atoms with Crippen LogP contribution in [0.15, 0.2) is 18.2 Å². The number of carbonyl (C=O) groups excluding carboxylic acids is 2. The van der Waals surface area contributed by atoms with Crippen molar-refractivity contribution in [1.82, 2.24) is 4.90 Å². The Bertz CT molecular complexity index is 485. The van der Waals surface area contributed by atoms with Crippen LogP contribution in [0.5, 0.6) is 0 Å². The largest absolute Gasteiger partial charge is 0.398 e. The predicted molar refractivity (Wildman–Crippen MR) is 62.5 cm³/mol. The third-order valence-corrected chi connectivity index (χ3v) is 2.84. The molecule has 0 aromatic heterocycles. The number of fused-ring (bicyclic) bond motifs is 1. The molecule has 0 fully saturated rings. The van der Waals surface area contributed by atoms with Crippen molar-refractivity contribution in [2.24, 2.45) is 5.92 Å². The smallest absolute Gasteiger partial charge is 0.263 e. The summed E-state index contributed by atoms with van der Waals surface area (Å²) in [4.78, 5) is 25.1. The van der Waals surface area contributed by atoms with Gasteiger partial charge in [-0.3, -0.25) is 14.5 Å². The van der Waals surface area contributed by atoms with E-state index in [0.717, 1.165) is 4.90 Å². The van der Waals surface area contributed by atoms with Crippen molar-refractivity contribution in [1.29, 1.82) is 0 Å². The van der Waals surface area contributed by atoms with E-state index in [-0.39, 0.29) is 36.4 Å². The second-order valence-corrected chi connectivity index (χ2v) is 4.28. The molecule has 1 aromatic carbocycles. The van der Waals surface area contributed by atoms with E-state index >= 15 is 0 Å². The minimum Gasteiger partial charge on any atom is -0.398 e. The molecule has 1 aliphatic rings. The Morgan fingerprint density at radius 1 is 1.35 bits per heavy atom. The summed E-state index contributed by atoms with van der Waals surface area (Å²) in [6, 6.07) is 4.84. The Balaban J connectivity index is 2.36. The lowest BCUT2D eigenvalue weighted by molar-refractivity contribution is 0.0614. The van der Waals surface area contributed by atoms with Crippen LogP contribution in [-0.2, 0) is 0 Å². The van der Waals surface area contributed by atoms with E-state index < -0.39 is 0 Å². The van der Waals surface area contributed by atoms with Gasteiger partial charge >= 0.3 is 0 Å². The van der Waals surface area contributed by atoms with Crippen molar-refractivity contribution in [3.05, 3.63) is 29.3 Å². The maximum Gasteiger partial charge on any atom is 0.263 e. The van der Waals surface area contributed by atoms with Gasteiger partial charge in [-0.25, -0.2) is 0 Å². The van der Waals surface area contributed by atoms with E-state index in [1.807, 2.05) is 0 Å². The molecule has 1 aliphatic heterocycles. The zero-order chi connectivity index (χ0) is 12.6. The van der Waals surface area contributed by atoms with Gasteiger partial charge in [-0.15, -0.1) is 0 Å². The fourth-order valence-electron chi connectivity index (χ4n) is 1.89. The molecule has 0 spiro atoms. The molecule has 90 valence electrons. The predicted octanol–water partition coefficient (Wildman–Crippen LogP) is 0.493. The molecule has 1 heterocycles. The molecule has 0 saturated carbocycles. The van der Waals surface area contributed by atoms with Crippen LogP contribution in [-0.4, -0.2) is 35.0 Å². The Morgan fingerprint density at radius 3 is 2.65 bits per heavy atom. The molecule has 17 heavy (non-hydrogen) atoms. The Labute approximate surface area is 98.8 Å². The molecule has 0 bridgehead atoms. The highest BCUT2D eigenvalue weighted by Gasteiger charge is 2.37. The summed E-state index contributed by atoms with van der Waals surface area (Å²) in [7, 11) is 0. The number of rotatable bonds is 3. The Morgan fingerprint density at radius 2 is 2.06 bits per heavy atom. The minimum atomic E-state index is -0.372. The zero-order valence-electron chi connectivity index (χ0n) is 9.51. The molecule has 0 aliphatic carbocycles. The first-order chi connectivity index (χ1) is 8.06. The Hall–Kier alpha value is -1.88. The van der Waals surface area contributed by atoms with E-state index in [2.05, 4.69) is 0 Å². The Kier molecular flexibility index (Phi) is 2.85. The SMILES string of the molecule is CC(CO)CN1C(=O)c2cccc(N)c2C1=O. The van der Waals surface area contributed by atoms with Crippen molar-refractivity contribution in [3.63, 3.8) is 0 Å². The maximum atomic E-state index is 12.0. The number of carbonyl (C=O) groups is 2. The van der Waals surface area contributed by atoms with Gasteiger partial charge < -0.3 is 10.8 Å². The lowest BCUT2D eigenvalue weighted by atomic mass is 10.1. The van der Waals surface area contributed by atoms with Gasteiger partial charge in [0.25, 0.3) is 11.8 Å².